The van der Waals surface area contributed by atoms with Gasteiger partial charge in [0.15, 0.2) is 0 Å². The quantitative estimate of drug-likeness (QED) is 0.740. The molecule has 1 aromatic rings. The van der Waals surface area contributed by atoms with Crippen LogP contribution in [0.4, 0.5) is 0 Å². The number of rotatable bonds is 5. The summed E-state index contributed by atoms with van der Waals surface area (Å²) >= 11 is 0. The van der Waals surface area contributed by atoms with Gasteiger partial charge in [0, 0.05) is 5.56 Å². The van der Waals surface area contributed by atoms with Gasteiger partial charge < -0.3 is 23.0 Å². The van der Waals surface area contributed by atoms with Crippen molar-refractivity contribution in [3.63, 3.8) is 0 Å². The predicted octanol–water partition coefficient (Wildman–Crippen LogP) is 0.229. The smallest absolute Gasteiger partial charge is 0.104 e. The average Bonchev–Trinajstić information content (AvgIpc) is 2.28. The van der Waals surface area contributed by atoms with E-state index in [0.29, 0.717) is 0 Å². The zero-order chi connectivity index (χ0) is 10.4. The normalized spacial score (nSPS) is 10.2. The van der Waals surface area contributed by atoms with E-state index in [9.17, 15) is 0 Å². The highest BCUT2D eigenvalue weighted by Gasteiger charge is 2.20. The summed E-state index contributed by atoms with van der Waals surface area (Å²) < 4.78 is 1.20. The predicted molar refractivity (Wildman–Crippen MR) is 67.1 cm³/mol. The molecule has 0 bridgehead atoms. The Morgan fingerprint density at radius 3 is 1.69 bits per heavy atom. The third kappa shape index (κ3) is 4.52. The van der Waals surface area contributed by atoms with Crippen LogP contribution in [-0.2, 0) is 6.54 Å². The highest BCUT2D eigenvalue weighted by Crippen LogP contribution is 2.13. The topological polar surface area (TPSA) is 35.0 Å². The van der Waals surface area contributed by atoms with E-state index in [4.69, 9.17) is 0 Å². The van der Waals surface area contributed by atoms with Crippen LogP contribution in [-0.4, -0.2) is 24.1 Å². The van der Waals surface area contributed by atoms with Crippen LogP contribution >= 0.6 is 0 Å². The van der Waals surface area contributed by atoms with Gasteiger partial charge >= 0.3 is 0 Å². The fourth-order valence-corrected chi connectivity index (χ4v) is 1.98. The van der Waals surface area contributed by atoms with E-state index < -0.39 is 0 Å². The van der Waals surface area contributed by atoms with Gasteiger partial charge in [-0.25, -0.2) is 0 Å². The second-order valence-corrected chi connectivity index (χ2v) is 3.93. The monoisotopic (exact) mass is 244 g/mol. The first-order valence-corrected chi connectivity index (χ1v) is 5.65. The molecule has 0 spiro atoms. The summed E-state index contributed by atoms with van der Waals surface area (Å²) in [6.07, 6.45) is 0. The summed E-state index contributed by atoms with van der Waals surface area (Å²) in [5.41, 5.74) is 1.46. The number of hydrogen-bond acceptors (Lipinski definition) is 1. The van der Waals surface area contributed by atoms with Crippen molar-refractivity contribution in [3.8, 4) is 0 Å². The number of halogens is 1. The molecule has 94 valence electrons. The first kappa shape index (κ1) is 17.8. The molecule has 1 aromatic carbocycles. The van der Waals surface area contributed by atoms with Crippen molar-refractivity contribution >= 4 is 0 Å². The molecule has 3 N–H and O–H groups in total. The second-order valence-electron chi connectivity index (χ2n) is 3.93. The third-order valence-corrected chi connectivity index (χ3v) is 3.37. The lowest BCUT2D eigenvalue weighted by Gasteiger charge is -2.35. The fourth-order valence-electron chi connectivity index (χ4n) is 1.98. The summed E-state index contributed by atoms with van der Waals surface area (Å²) in [6.45, 7) is 11.7. The number of quaternary nitrogens is 1. The Morgan fingerprint density at radius 2 is 1.31 bits per heavy atom. The number of benzene rings is 1. The third-order valence-electron chi connectivity index (χ3n) is 3.37. The molecule has 0 radical (unpaired) electrons. The Hall–Kier alpha value is -0.570. The van der Waals surface area contributed by atoms with Crippen molar-refractivity contribution in [2.24, 2.45) is 0 Å². The van der Waals surface area contributed by atoms with Crippen molar-refractivity contribution < 1.29 is 16.9 Å². The number of nitrogens with zero attached hydrogens (tertiary/aromatic N) is 1. The summed E-state index contributed by atoms with van der Waals surface area (Å²) in [5, 5.41) is 0. The summed E-state index contributed by atoms with van der Waals surface area (Å²) in [7, 11) is 0. The lowest BCUT2D eigenvalue weighted by molar-refractivity contribution is -0.936. The minimum Gasteiger partial charge on any atom is -1.00 e. The molecule has 0 atom stereocenters. The maximum absolute atomic E-state index is 2.29. The first-order chi connectivity index (χ1) is 6.76. The summed E-state index contributed by atoms with van der Waals surface area (Å²) in [5.74, 6) is 0. The van der Waals surface area contributed by atoms with E-state index in [2.05, 4.69) is 51.1 Å². The van der Waals surface area contributed by atoms with Crippen molar-refractivity contribution in [3.05, 3.63) is 35.9 Å². The van der Waals surface area contributed by atoms with Crippen LogP contribution in [0.15, 0.2) is 30.3 Å². The Kier molecular flexibility index (Phi) is 9.54. The van der Waals surface area contributed by atoms with Crippen LogP contribution in [0.3, 0.4) is 0 Å². The molecule has 0 aliphatic heterocycles. The van der Waals surface area contributed by atoms with Crippen molar-refractivity contribution in [1.29, 1.82) is 0 Å². The van der Waals surface area contributed by atoms with Crippen molar-refractivity contribution in [2.45, 2.75) is 27.3 Å². The molecule has 0 saturated heterocycles. The van der Waals surface area contributed by atoms with E-state index in [0.717, 1.165) is 0 Å². The lowest BCUT2D eigenvalue weighted by atomic mass is 10.2. The minimum atomic E-state index is 0. The van der Waals surface area contributed by atoms with Gasteiger partial charge in [0.05, 0.1) is 19.6 Å². The molecular formula is C13H25ClN2. The summed E-state index contributed by atoms with van der Waals surface area (Å²) in [6, 6.07) is 10.8. The van der Waals surface area contributed by atoms with Gasteiger partial charge in [-0.3, -0.25) is 0 Å². The van der Waals surface area contributed by atoms with Gasteiger partial charge in [0.25, 0.3) is 0 Å². The molecule has 0 aliphatic rings. The maximum atomic E-state index is 2.29. The molecule has 0 heterocycles. The Morgan fingerprint density at radius 1 is 0.875 bits per heavy atom. The zero-order valence-electron chi connectivity index (χ0n) is 10.7. The fraction of sp³-hybridized carbons (Fsp3) is 0.538. The van der Waals surface area contributed by atoms with E-state index in [-0.39, 0.29) is 18.6 Å². The van der Waals surface area contributed by atoms with Crippen LogP contribution in [0, 0.1) is 0 Å². The zero-order valence-corrected chi connectivity index (χ0v) is 11.5. The van der Waals surface area contributed by atoms with Gasteiger partial charge in [-0.05, 0) is 20.8 Å². The van der Waals surface area contributed by atoms with Gasteiger partial charge in [-0.1, -0.05) is 30.3 Å². The molecule has 2 nitrogen and oxygen atoms in total. The van der Waals surface area contributed by atoms with E-state index in [1.165, 1.54) is 36.2 Å². The molecular weight excluding hydrogens is 220 g/mol. The van der Waals surface area contributed by atoms with E-state index in [1.807, 2.05) is 0 Å². The SMILES string of the molecule is CC[N+](CC)(CC)Cc1ccccc1.N.[Cl-]. The molecule has 0 saturated carbocycles. The van der Waals surface area contributed by atoms with Crippen LogP contribution in [0.25, 0.3) is 0 Å². The second kappa shape index (κ2) is 8.57. The summed E-state index contributed by atoms with van der Waals surface area (Å²) in [4.78, 5) is 0. The van der Waals surface area contributed by atoms with Gasteiger partial charge in [0.1, 0.15) is 6.54 Å². The van der Waals surface area contributed by atoms with E-state index >= 15 is 0 Å². The Bertz CT molecular complexity index is 250. The van der Waals surface area contributed by atoms with Crippen molar-refractivity contribution in [2.75, 3.05) is 19.6 Å². The average molecular weight is 245 g/mol. The maximum Gasteiger partial charge on any atom is 0.104 e. The largest absolute Gasteiger partial charge is 1.00 e. The van der Waals surface area contributed by atoms with Gasteiger partial charge in [0.2, 0.25) is 0 Å². The van der Waals surface area contributed by atoms with Crippen LogP contribution < -0.4 is 18.6 Å². The van der Waals surface area contributed by atoms with E-state index in [1.54, 1.807) is 0 Å². The molecule has 3 heteroatoms. The van der Waals surface area contributed by atoms with Gasteiger partial charge in [-0.15, -0.1) is 0 Å². The number of hydrogen-bond donors (Lipinski definition) is 1. The minimum absolute atomic E-state index is 0. The molecule has 0 amide bonds. The van der Waals surface area contributed by atoms with Crippen LogP contribution in [0.1, 0.15) is 26.3 Å². The molecule has 16 heavy (non-hydrogen) atoms. The Labute approximate surface area is 106 Å². The van der Waals surface area contributed by atoms with Crippen LogP contribution in [0.5, 0.6) is 0 Å². The standard InChI is InChI=1S/C13H22N.ClH.H3N/c1-4-14(5-2,6-3)12-13-10-8-7-9-11-13;;/h7-11H,4-6,12H2,1-3H3;1H;1H3/q+1;;/p-1. The molecule has 0 unspecified atom stereocenters. The molecule has 0 aromatic heterocycles. The van der Waals surface area contributed by atoms with Crippen LogP contribution in [0.2, 0.25) is 0 Å². The molecule has 0 aliphatic carbocycles. The molecule has 1 rings (SSSR count). The highest BCUT2D eigenvalue weighted by molar-refractivity contribution is 5.13. The molecule has 0 fully saturated rings. The highest BCUT2D eigenvalue weighted by atomic mass is 35.5. The Balaban J connectivity index is 0. The first-order valence-electron chi connectivity index (χ1n) is 5.65. The lowest BCUT2D eigenvalue weighted by Crippen LogP contribution is -3.00. The van der Waals surface area contributed by atoms with Crippen molar-refractivity contribution in [1.82, 2.24) is 6.15 Å². The van der Waals surface area contributed by atoms with Gasteiger partial charge in [-0.2, -0.15) is 0 Å².